The molecule has 0 atom stereocenters. The molecule has 1 aromatic rings. The van der Waals surface area contributed by atoms with Crippen LogP contribution in [0.3, 0.4) is 0 Å². The van der Waals surface area contributed by atoms with Crippen molar-refractivity contribution in [2.75, 3.05) is 11.9 Å². The Morgan fingerprint density at radius 3 is 2.37 bits per heavy atom. The number of anilines is 1. The molecule has 5 heteroatoms. The van der Waals surface area contributed by atoms with Crippen molar-refractivity contribution in [3.63, 3.8) is 0 Å². The number of carbonyl (C=O) groups is 2. The molecule has 0 aromatic heterocycles. The van der Waals surface area contributed by atoms with Crippen LogP contribution in [0, 0.1) is 12.3 Å². The second-order valence-corrected chi connectivity index (χ2v) is 3.73. The maximum absolute atomic E-state index is 11.2. The molecule has 0 radical (unpaired) electrons. The van der Waals surface area contributed by atoms with Crippen LogP contribution in [0.5, 0.6) is 0 Å². The Morgan fingerprint density at radius 2 is 1.89 bits per heavy atom. The van der Waals surface area contributed by atoms with Gasteiger partial charge in [0.05, 0.1) is 0 Å². The molecule has 0 spiro atoms. The minimum Gasteiger partial charge on any atom is -0.480 e. The van der Waals surface area contributed by atoms with Gasteiger partial charge in [0.2, 0.25) is 0 Å². The van der Waals surface area contributed by atoms with Gasteiger partial charge in [0.25, 0.3) is 0 Å². The van der Waals surface area contributed by atoms with Gasteiger partial charge in [-0.25, -0.2) is 0 Å². The zero-order valence-electron chi connectivity index (χ0n) is 11.7. The SMILES string of the molecule is CC.CC(=O)C(=N)c1cc(C)ccc1NCC(=O)O. The molecule has 104 valence electrons. The van der Waals surface area contributed by atoms with Gasteiger partial charge < -0.3 is 10.4 Å². The first-order valence-electron chi connectivity index (χ1n) is 6.08. The van der Waals surface area contributed by atoms with E-state index in [0.29, 0.717) is 11.3 Å². The molecule has 0 saturated heterocycles. The number of aryl methyl sites for hydroxylation is 1. The topological polar surface area (TPSA) is 90.3 Å². The second-order valence-electron chi connectivity index (χ2n) is 3.73. The van der Waals surface area contributed by atoms with Crippen LogP contribution in [0.25, 0.3) is 0 Å². The Morgan fingerprint density at radius 1 is 1.32 bits per heavy atom. The third-order valence-electron chi connectivity index (χ3n) is 2.23. The molecule has 0 aliphatic heterocycles. The van der Waals surface area contributed by atoms with Gasteiger partial charge in [0.1, 0.15) is 12.3 Å². The van der Waals surface area contributed by atoms with Gasteiger partial charge in [0.15, 0.2) is 5.78 Å². The average Bonchev–Trinajstić information content (AvgIpc) is 2.38. The van der Waals surface area contributed by atoms with Crippen molar-refractivity contribution in [2.24, 2.45) is 0 Å². The monoisotopic (exact) mass is 264 g/mol. The first kappa shape index (κ1) is 16.8. The number of nitrogens with one attached hydrogen (secondary N) is 2. The number of ketones is 1. The third-order valence-corrected chi connectivity index (χ3v) is 2.23. The maximum atomic E-state index is 11.2. The Bertz CT molecular complexity index is 482. The molecular weight excluding hydrogens is 244 g/mol. The highest BCUT2D eigenvalue weighted by Gasteiger charge is 2.12. The van der Waals surface area contributed by atoms with Crippen molar-refractivity contribution in [2.45, 2.75) is 27.7 Å². The summed E-state index contributed by atoms with van der Waals surface area (Å²) in [7, 11) is 0. The van der Waals surface area contributed by atoms with Crippen LogP contribution in [0.4, 0.5) is 5.69 Å². The number of carboxylic acid groups (broad SMARTS) is 1. The van der Waals surface area contributed by atoms with Crippen LogP contribution in [0.1, 0.15) is 31.9 Å². The highest BCUT2D eigenvalue weighted by atomic mass is 16.4. The second kappa shape index (κ2) is 8.02. The molecule has 1 rings (SSSR count). The summed E-state index contributed by atoms with van der Waals surface area (Å²) in [4.78, 5) is 21.6. The summed E-state index contributed by atoms with van der Waals surface area (Å²) < 4.78 is 0. The lowest BCUT2D eigenvalue weighted by molar-refractivity contribution is -0.134. The zero-order chi connectivity index (χ0) is 15.0. The molecule has 0 heterocycles. The molecule has 19 heavy (non-hydrogen) atoms. The first-order chi connectivity index (χ1) is 8.91. The number of carboxylic acids is 1. The van der Waals surface area contributed by atoms with Gasteiger partial charge in [-0.2, -0.15) is 0 Å². The number of aliphatic carboxylic acids is 1. The number of carbonyl (C=O) groups excluding carboxylic acids is 1. The molecular formula is C14H20N2O3. The third kappa shape index (κ3) is 5.33. The lowest BCUT2D eigenvalue weighted by Gasteiger charge is -2.11. The smallest absolute Gasteiger partial charge is 0.322 e. The van der Waals surface area contributed by atoms with E-state index >= 15 is 0 Å². The van der Waals surface area contributed by atoms with Crippen molar-refractivity contribution in [1.29, 1.82) is 5.41 Å². The standard InChI is InChI=1S/C12H14N2O3.C2H6/c1-7-3-4-10(14-6-11(16)17)9(5-7)12(13)8(2)15;1-2/h3-5,13-14H,6H2,1-2H3,(H,16,17);1-2H3. The van der Waals surface area contributed by atoms with Gasteiger partial charge >= 0.3 is 5.97 Å². The van der Waals surface area contributed by atoms with E-state index in [1.165, 1.54) is 6.92 Å². The van der Waals surface area contributed by atoms with E-state index in [9.17, 15) is 9.59 Å². The van der Waals surface area contributed by atoms with E-state index in [2.05, 4.69) is 5.32 Å². The Labute approximate surface area is 113 Å². The van der Waals surface area contributed by atoms with Gasteiger partial charge in [0, 0.05) is 18.2 Å². The van der Waals surface area contributed by atoms with Gasteiger partial charge in [-0.3, -0.25) is 15.0 Å². The van der Waals surface area contributed by atoms with Crippen molar-refractivity contribution in [3.05, 3.63) is 29.3 Å². The molecule has 0 aliphatic carbocycles. The van der Waals surface area contributed by atoms with E-state index < -0.39 is 5.97 Å². The van der Waals surface area contributed by atoms with Gasteiger partial charge in [-0.15, -0.1) is 0 Å². The quantitative estimate of drug-likeness (QED) is 0.712. The van der Waals surface area contributed by atoms with Crippen LogP contribution < -0.4 is 5.32 Å². The van der Waals surface area contributed by atoms with Crippen molar-refractivity contribution in [3.8, 4) is 0 Å². The van der Waals surface area contributed by atoms with Crippen LogP contribution in [0.2, 0.25) is 0 Å². The molecule has 0 unspecified atom stereocenters. The lowest BCUT2D eigenvalue weighted by Crippen LogP contribution is -2.17. The highest BCUT2D eigenvalue weighted by Crippen LogP contribution is 2.18. The summed E-state index contributed by atoms with van der Waals surface area (Å²) in [5.41, 5.74) is 1.70. The fraction of sp³-hybridized carbons (Fsp3) is 0.357. The average molecular weight is 264 g/mol. The summed E-state index contributed by atoms with van der Waals surface area (Å²) in [5, 5.41) is 18.9. The van der Waals surface area contributed by atoms with Crippen LogP contribution in [-0.4, -0.2) is 29.1 Å². The molecule has 0 aliphatic rings. The van der Waals surface area contributed by atoms with Crippen LogP contribution in [-0.2, 0) is 9.59 Å². The summed E-state index contributed by atoms with van der Waals surface area (Å²) in [5.74, 6) is -1.35. The predicted octanol–water partition coefficient (Wildman–Crippen LogP) is 2.47. The predicted molar refractivity (Wildman–Crippen MR) is 76.2 cm³/mol. The van der Waals surface area contributed by atoms with Gasteiger partial charge in [-0.05, 0) is 19.1 Å². The van der Waals surface area contributed by atoms with E-state index in [1.54, 1.807) is 18.2 Å². The first-order valence-corrected chi connectivity index (χ1v) is 6.08. The molecule has 1 aromatic carbocycles. The Balaban J connectivity index is 0.00000154. The molecule has 3 N–H and O–H groups in total. The number of Topliss-reactive ketones (excluding diaryl/α,β-unsaturated/α-hetero) is 1. The molecule has 5 nitrogen and oxygen atoms in total. The van der Waals surface area contributed by atoms with Crippen molar-refractivity contribution < 1.29 is 14.7 Å². The summed E-state index contributed by atoms with van der Waals surface area (Å²) in [6.07, 6.45) is 0. The number of hydrogen-bond donors (Lipinski definition) is 3. The minimum atomic E-state index is -0.995. The molecule has 0 amide bonds. The fourth-order valence-electron chi connectivity index (χ4n) is 1.38. The fourth-order valence-corrected chi connectivity index (χ4v) is 1.38. The maximum Gasteiger partial charge on any atom is 0.322 e. The Kier molecular flexibility index (Phi) is 7.11. The van der Waals surface area contributed by atoms with Crippen molar-refractivity contribution in [1.82, 2.24) is 0 Å². The van der Waals surface area contributed by atoms with Crippen LogP contribution >= 0.6 is 0 Å². The van der Waals surface area contributed by atoms with Gasteiger partial charge in [-0.1, -0.05) is 25.5 Å². The Hall–Kier alpha value is -2.17. The zero-order valence-corrected chi connectivity index (χ0v) is 11.7. The van der Waals surface area contributed by atoms with E-state index in [0.717, 1.165) is 5.56 Å². The van der Waals surface area contributed by atoms with E-state index in [-0.39, 0.29) is 18.0 Å². The number of benzene rings is 1. The molecule has 0 bridgehead atoms. The summed E-state index contributed by atoms with van der Waals surface area (Å²) in [6.45, 7) is 6.91. The molecule has 0 saturated carbocycles. The lowest BCUT2D eigenvalue weighted by atomic mass is 10.0. The minimum absolute atomic E-state index is 0.124. The van der Waals surface area contributed by atoms with E-state index in [1.807, 2.05) is 20.8 Å². The summed E-state index contributed by atoms with van der Waals surface area (Å²) in [6, 6.07) is 5.15. The summed E-state index contributed by atoms with van der Waals surface area (Å²) >= 11 is 0. The molecule has 0 fully saturated rings. The van der Waals surface area contributed by atoms with E-state index in [4.69, 9.17) is 10.5 Å². The highest BCUT2D eigenvalue weighted by molar-refractivity contribution is 6.45. The number of rotatable bonds is 5. The normalized spacial score (nSPS) is 9.05. The largest absolute Gasteiger partial charge is 0.480 e. The van der Waals surface area contributed by atoms with Crippen LogP contribution in [0.15, 0.2) is 18.2 Å². The number of hydrogen-bond acceptors (Lipinski definition) is 4. The van der Waals surface area contributed by atoms with Crippen molar-refractivity contribution >= 4 is 23.2 Å².